The van der Waals surface area contributed by atoms with Gasteiger partial charge < -0.3 is 15.3 Å². The van der Waals surface area contributed by atoms with E-state index in [0.29, 0.717) is 0 Å². The number of carboxylic acid groups (broad SMARTS) is 2. The molecule has 0 heterocycles. The SMILES string of the molecule is CC(C)C(C(=O)O)N(CCO)CCC(=O)O. The van der Waals surface area contributed by atoms with E-state index >= 15 is 0 Å². The second-order valence-corrected chi connectivity index (χ2v) is 3.93. The van der Waals surface area contributed by atoms with E-state index in [1.165, 1.54) is 4.90 Å². The van der Waals surface area contributed by atoms with Crippen molar-refractivity contribution in [1.82, 2.24) is 4.90 Å². The molecule has 16 heavy (non-hydrogen) atoms. The lowest BCUT2D eigenvalue weighted by atomic mass is 10.0. The van der Waals surface area contributed by atoms with E-state index in [2.05, 4.69) is 0 Å². The fourth-order valence-electron chi connectivity index (χ4n) is 1.62. The molecular weight excluding hydrogens is 214 g/mol. The minimum atomic E-state index is -0.992. The molecule has 0 aromatic rings. The van der Waals surface area contributed by atoms with E-state index in [0.717, 1.165) is 0 Å². The highest BCUT2D eigenvalue weighted by Crippen LogP contribution is 2.11. The molecule has 0 radical (unpaired) electrons. The minimum absolute atomic E-state index is 0.128. The van der Waals surface area contributed by atoms with Gasteiger partial charge >= 0.3 is 11.9 Å². The second-order valence-electron chi connectivity index (χ2n) is 3.93. The number of rotatable bonds is 8. The van der Waals surface area contributed by atoms with E-state index in [1.807, 2.05) is 0 Å². The van der Waals surface area contributed by atoms with Crippen molar-refractivity contribution in [3.05, 3.63) is 0 Å². The van der Waals surface area contributed by atoms with Gasteiger partial charge in [0.2, 0.25) is 0 Å². The lowest BCUT2D eigenvalue weighted by molar-refractivity contribution is -0.147. The van der Waals surface area contributed by atoms with Crippen LogP contribution in [0.25, 0.3) is 0 Å². The number of nitrogens with zero attached hydrogens (tertiary/aromatic N) is 1. The number of aliphatic hydroxyl groups excluding tert-OH is 1. The Balaban J connectivity index is 4.56. The van der Waals surface area contributed by atoms with Gasteiger partial charge in [0.05, 0.1) is 13.0 Å². The van der Waals surface area contributed by atoms with Crippen LogP contribution >= 0.6 is 0 Å². The predicted octanol–water partition coefficient (Wildman–Crippen LogP) is -0.135. The van der Waals surface area contributed by atoms with Gasteiger partial charge in [-0.1, -0.05) is 13.8 Å². The fraction of sp³-hybridized carbons (Fsp3) is 0.800. The van der Waals surface area contributed by atoms with Gasteiger partial charge in [-0.05, 0) is 5.92 Å². The third-order valence-corrected chi connectivity index (χ3v) is 2.28. The van der Waals surface area contributed by atoms with Crippen LogP contribution < -0.4 is 0 Å². The molecule has 1 unspecified atom stereocenters. The van der Waals surface area contributed by atoms with Gasteiger partial charge in [0, 0.05) is 13.1 Å². The molecule has 0 saturated heterocycles. The molecule has 6 heteroatoms. The van der Waals surface area contributed by atoms with Crippen molar-refractivity contribution in [1.29, 1.82) is 0 Å². The molecule has 0 bridgehead atoms. The molecule has 94 valence electrons. The molecule has 0 aliphatic rings. The highest BCUT2D eigenvalue weighted by molar-refractivity contribution is 5.74. The van der Waals surface area contributed by atoms with Crippen LogP contribution in [-0.4, -0.2) is 57.9 Å². The third kappa shape index (κ3) is 5.09. The summed E-state index contributed by atoms with van der Waals surface area (Å²) in [6, 6.07) is -0.758. The van der Waals surface area contributed by atoms with Crippen LogP contribution in [0.2, 0.25) is 0 Å². The molecule has 0 rings (SSSR count). The maximum Gasteiger partial charge on any atom is 0.321 e. The number of hydrogen-bond donors (Lipinski definition) is 3. The molecule has 0 aromatic carbocycles. The summed E-state index contributed by atoms with van der Waals surface area (Å²) in [5.41, 5.74) is 0. The Bertz CT molecular complexity index is 241. The Morgan fingerprint density at radius 1 is 1.19 bits per heavy atom. The summed E-state index contributed by atoms with van der Waals surface area (Å²) in [7, 11) is 0. The van der Waals surface area contributed by atoms with Gasteiger partial charge in [-0.3, -0.25) is 14.5 Å². The zero-order valence-electron chi connectivity index (χ0n) is 9.59. The molecular formula is C10H19NO5. The highest BCUT2D eigenvalue weighted by atomic mass is 16.4. The van der Waals surface area contributed by atoms with Crippen molar-refractivity contribution < 1.29 is 24.9 Å². The van der Waals surface area contributed by atoms with Crippen LogP contribution in [0, 0.1) is 5.92 Å². The lowest BCUT2D eigenvalue weighted by Gasteiger charge is -2.30. The van der Waals surface area contributed by atoms with Gasteiger partial charge in [0.1, 0.15) is 6.04 Å². The maximum atomic E-state index is 11.0. The molecule has 3 N–H and O–H groups in total. The first-order chi connectivity index (χ1) is 7.40. The largest absolute Gasteiger partial charge is 0.481 e. The Morgan fingerprint density at radius 3 is 2.06 bits per heavy atom. The first-order valence-corrected chi connectivity index (χ1v) is 5.19. The van der Waals surface area contributed by atoms with E-state index < -0.39 is 18.0 Å². The van der Waals surface area contributed by atoms with Gasteiger partial charge in [0.25, 0.3) is 0 Å². The summed E-state index contributed by atoms with van der Waals surface area (Å²) in [6.45, 7) is 3.62. The Labute approximate surface area is 94.5 Å². The van der Waals surface area contributed by atoms with Crippen LogP contribution in [0.1, 0.15) is 20.3 Å². The van der Waals surface area contributed by atoms with Crippen LogP contribution in [0.4, 0.5) is 0 Å². The number of carbonyl (C=O) groups is 2. The summed E-state index contributed by atoms with van der Waals surface area (Å²) < 4.78 is 0. The fourth-order valence-corrected chi connectivity index (χ4v) is 1.62. The zero-order valence-corrected chi connectivity index (χ0v) is 9.59. The standard InChI is InChI=1S/C10H19NO5/c1-7(2)9(10(15)16)11(5-6-12)4-3-8(13)14/h7,9,12H,3-6H2,1-2H3,(H,13,14)(H,15,16). The first kappa shape index (κ1) is 14.9. The molecule has 0 saturated carbocycles. The molecule has 0 fully saturated rings. The molecule has 6 nitrogen and oxygen atoms in total. The number of hydrogen-bond acceptors (Lipinski definition) is 4. The smallest absolute Gasteiger partial charge is 0.321 e. The van der Waals surface area contributed by atoms with Crippen LogP contribution in [-0.2, 0) is 9.59 Å². The average Bonchev–Trinajstić information content (AvgIpc) is 2.13. The van der Waals surface area contributed by atoms with Crippen molar-refractivity contribution >= 4 is 11.9 Å². The summed E-state index contributed by atoms with van der Waals surface area (Å²) in [6.07, 6.45) is -0.128. The van der Waals surface area contributed by atoms with E-state index in [9.17, 15) is 9.59 Å². The Morgan fingerprint density at radius 2 is 1.75 bits per heavy atom. The van der Waals surface area contributed by atoms with Crippen LogP contribution in [0.5, 0.6) is 0 Å². The van der Waals surface area contributed by atoms with Gasteiger partial charge in [0.15, 0.2) is 0 Å². The molecule has 0 spiro atoms. The number of aliphatic carboxylic acids is 2. The predicted molar refractivity (Wildman–Crippen MR) is 57.2 cm³/mol. The second kappa shape index (κ2) is 7.19. The molecule has 1 atom stereocenters. The van der Waals surface area contributed by atoms with Crippen LogP contribution in [0.3, 0.4) is 0 Å². The summed E-state index contributed by atoms with van der Waals surface area (Å²) in [5, 5.41) is 26.4. The van der Waals surface area contributed by atoms with E-state index in [1.54, 1.807) is 13.8 Å². The normalized spacial score (nSPS) is 13.1. The van der Waals surface area contributed by atoms with Gasteiger partial charge in [-0.25, -0.2) is 0 Å². The van der Waals surface area contributed by atoms with Crippen LogP contribution in [0.15, 0.2) is 0 Å². The van der Waals surface area contributed by atoms with Crippen molar-refractivity contribution in [2.75, 3.05) is 19.7 Å². The van der Waals surface area contributed by atoms with Crippen molar-refractivity contribution in [2.24, 2.45) is 5.92 Å². The highest BCUT2D eigenvalue weighted by Gasteiger charge is 2.28. The lowest BCUT2D eigenvalue weighted by Crippen LogP contribution is -2.46. The van der Waals surface area contributed by atoms with Gasteiger partial charge in [-0.2, -0.15) is 0 Å². The monoisotopic (exact) mass is 233 g/mol. The Hall–Kier alpha value is -1.14. The van der Waals surface area contributed by atoms with Crippen molar-refractivity contribution in [2.45, 2.75) is 26.3 Å². The zero-order chi connectivity index (χ0) is 12.7. The number of carboxylic acids is 2. The molecule has 0 aliphatic heterocycles. The Kier molecular flexibility index (Phi) is 6.67. The summed E-state index contributed by atoms with van der Waals surface area (Å²) >= 11 is 0. The van der Waals surface area contributed by atoms with E-state index in [4.69, 9.17) is 15.3 Å². The van der Waals surface area contributed by atoms with Crippen molar-refractivity contribution in [3.8, 4) is 0 Å². The summed E-state index contributed by atoms with van der Waals surface area (Å²) in [4.78, 5) is 23.0. The molecule has 0 amide bonds. The average molecular weight is 233 g/mol. The molecule has 0 aromatic heterocycles. The topological polar surface area (TPSA) is 98.1 Å². The molecule has 0 aliphatic carbocycles. The third-order valence-electron chi connectivity index (χ3n) is 2.28. The van der Waals surface area contributed by atoms with Crippen molar-refractivity contribution in [3.63, 3.8) is 0 Å². The quantitative estimate of drug-likeness (QED) is 0.540. The number of aliphatic hydroxyl groups is 1. The summed E-state index contributed by atoms with van der Waals surface area (Å²) in [5.74, 6) is -2.11. The van der Waals surface area contributed by atoms with Gasteiger partial charge in [-0.15, -0.1) is 0 Å². The minimum Gasteiger partial charge on any atom is -0.481 e. The van der Waals surface area contributed by atoms with E-state index in [-0.39, 0.29) is 32.0 Å². The maximum absolute atomic E-state index is 11.0. The first-order valence-electron chi connectivity index (χ1n) is 5.19.